The summed E-state index contributed by atoms with van der Waals surface area (Å²) in [5.41, 5.74) is 0.314. The predicted octanol–water partition coefficient (Wildman–Crippen LogP) is 3.78. The van der Waals surface area contributed by atoms with E-state index in [1.165, 1.54) is 39.2 Å². The maximum atomic E-state index is 11.6. The number of Topliss-reactive ketones (excluding diaryl/α,β-unsaturated/α-hetero) is 1. The van der Waals surface area contributed by atoms with Gasteiger partial charge in [-0.15, -0.1) is 0 Å². The van der Waals surface area contributed by atoms with Crippen LogP contribution in [0.3, 0.4) is 0 Å². The number of unbranched alkanes of at least 4 members (excludes halogenated alkanes) is 5. The second-order valence-corrected chi connectivity index (χ2v) is 4.96. The van der Waals surface area contributed by atoms with E-state index in [4.69, 9.17) is 4.74 Å². The van der Waals surface area contributed by atoms with Crippen molar-refractivity contribution in [3.8, 4) is 5.75 Å². The Morgan fingerprint density at radius 3 is 2.19 bits per heavy atom. The van der Waals surface area contributed by atoms with Crippen LogP contribution in [-0.4, -0.2) is 25.5 Å². The van der Waals surface area contributed by atoms with Gasteiger partial charge in [0.1, 0.15) is 5.75 Å². The molecule has 1 aromatic carbocycles. The van der Waals surface area contributed by atoms with Crippen LogP contribution in [0.15, 0.2) is 24.3 Å². The van der Waals surface area contributed by atoms with Gasteiger partial charge in [-0.2, -0.15) is 0 Å². The number of ether oxygens (including phenoxy) is 2. The summed E-state index contributed by atoms with van der Waals surface area (Å²) in [4.78, 5) is 22.7. The first-order chi connectivity index (χ1) is 10.2. The average Bonchev–Trinajstić information content (AvgIpc) is 2.53. The zero-order valence-electron chi connectivity index (χ0n) is 12.9. The van der Waals surface area contributed by atoms with E-state index in [1.54, 1.807) is 24.3 Å². The maximum absolute atomic E-state index is 11.6. The monoisotopic (exact) mass is 292 g/mol. The normalized spacial score (nSPS) is 10.2. The summed E-state index contributed by atoms with van der Waals surface area (Å²) in [6.45, 7) is 2.88. The average molecular weight is 292 g/mol. The summed E-state index contributed by atoms with van der Waals surface area (Å²) in [6.07, 6.45) is 7.32. The number of esters is 1. The van der Waals surface area contributed by atoms with Crippen molar-refractivity contribution in [2.24, 2.45) is 0 Å². The fourth-order valence-corrected chi connectivity index (χ4v) is 1.99. The quantitative estimate of drug-likeness (QED) is 0.285. The van der Waals surface area contributed by atoms with Gasteiger partial charge in [0.2, 0.25) is 0 Å². The Kier molecular flexibility index (Phi) is 8.17. The lowest BCUT2D eigenvalue weighted by Gasteiger charge is -2.06. The molecule has 4 heteroatoms. The molecule has 0 unspecified atom stereocenters. The Hall–Kier alpha value is -1.84. The van der Waals surface area contributed by atoms with Gasteiger partial charge in [0.05, 0.1) is 13.7 Å². The molecule has 1 rings (SSSR count). The minimum absolute atomic E-state index is 0.314. The molecular formula is C17H24O4. The first-order valence-corrected chi connectivity index (χ1v) is 7.54. The number of methoxy groups -OCH3 is 1. The zero-order chi connectivity index (χ0) is 15.5. The fourth-order valence-electron chi connectivity index (χ4n) is 1.99. The third-order valence-corrected chi connectivity index (χ3v) is 3.25. The Balaban J connectivity index is 2.28. The topological polar surface area (TPSA) is 52.6 Å². The van der Waals surface area contributed by atoms with Gasteiger partial charge in [-0.05, 0) is 30.7 Å². The highest BCUT2D eigenvalue weighted by Gasteiger charge is 2.16. The van der Waals surface area contributed by atoms with Crippen LogP contribution >= 0.6 is 0 Å². The van der Waals surface area contributed by atoms with Crippen molar-refractivity contribution < 1.29 is 19.1 Å². The van der Waals surface area contributed by atoms with Crippen LogP contribution in [0.2, 0.25) is 0 Å². The van der Waals surface area contributed by atoms with Gasteiger partial charge >= 0.3 is 5.97 Å². The smallest absolute Gasteiger partial charge is 0.379 e. The van der Waals surface area contributed by atoms with Crippen LogP contribution in [0.1, 0.15) is 55.8 Å². The summed E-state index contributed by atoms with van der Waals surface area (Å²) in [5, 5.41) is 0. The number of carbonyl (C=O) groups excluding carboxylic acids is 2. The Bertz CT molecular complexity index is 437. The third kappa shape index (κ3) is 6.43. The van der Waals surface area contributed by atoms with Gasteiger partial charge in [0.25, 0.3) is 5.78 Å². The van der Waals surface area contributed by atoms with Gasteiger partial charge in [-0.3, -0.25) is 4.79 Å². The van der Waals surface area contributed by atoms with Gasteiger partial charge in [0.15, 0.2) is 0 Å². The molecule has 116 valence electrons. The molecule has 1 aromatic rings. The SMILES string of the molecule is CCCCCCCCOc1ccc(C(=O)C(=O)OC)cc1. The van der Waals surface area contributed by atoms with Crippen LogP contribution in [0.5, 0.6) is 5.75 Å². The zero-order valence-corrected chi connectivity index (χ0v) is 12.9. The summed E-state index contributed by atoms with van der Waals surface area (Å²) in [7, 11) is 1.19. The molecule has 0 radical (unpaired) electrons. The van der Waals surface area contributed by atoms with Gasteiger partial charge in [-0.25, -0.2) is 4.79 Å². The standard InChI is InChI=1S/C17H24O4/c1-3-4-5-6-7-8-13-21-15-11-9-14(10-12-15)16(18)17(19)20-2/h9-12H,3-8,13H2,1-2H3. The number of hydrogen-bond donors (Lipinski definition) is 0. The Morgan fingerprint density at radius 1 is 0.952 bits per heavy atom. The van der Waals surface area contributed by atoms with Crippen molar-refractivity contribution >= 4 is 11.8 Å². The van der Waals surface area contributed by atoms with Crippen molar-refractivity contribution in [1.29, 1.82) is 0 Å². The summed E-state index contributed by atoms with van der Waals surface area (Å²) >= 11 is 0. The molecule has 0 aliphatic carbocycles. The van der Waals surface area contributed by atoms with Crippen LogP contribution < -0.4 is 4.74 Å². The van der Waals surface area contributed by atoms with E-state index in [1.807, 2.05) is 0 Å². The first kappa shape index (κ1) is 17.2. The molecule has 21 heavy (non-hydrogen) atoms. The second-order valence-electron chi connectivity index (χ2n) is 4.96. The minimum atomic E-state index is -0.851. The van der Waals surface area contributed by atoms with Crippen molar-refractivity contribution in [2.75, 3.05) is 13.7 Å². The largest absolute Gasteiger partial charge is 0.494 e. The van der Waals surface area contributed by atoms with Crippen LogP contribution in [0.25, 0.3) is 0 Å². The van der Waals surface area contributed by atoms with E-state index in [0.29, 0.717) is 17.9 Å². The number of carbonyl (C=O) groups is 2. The lowest BCUT2D eigenvalue weighted by Crippen LogP contribution is -2.15. The molecule has 0 aliphatic heterocycles. The molecule has 0 bridgehead atoms. The predicted molar refractivity (Wildman–Crippen MR) is 81.7 cm³/mol. The van der Waals surface area contributed by atoms with E-state index in [0.717, 1.165) is 6.42 Å². The summed E-state index contributed by atoms with van der Waals surface area (Å²) in [5.74, 6) is -0.777. The van der Waals surface area contributed by atoms with Gasteiger partial charge < -0.3 is 9.47 Å². The molecule has 0 fully saturated rings. The molecule has 0 saturated heterocycles. The molecule has 0 saturated carbocycles. The van der Waals surface area contributed by atoms with Crippen LogP contribution in [0.4, 0.5) is 0 Å². The van der Waals surface area contributed by atoms with Crippen molar-refractivity contribution in [3.63, 3.8) is 0 Å². The number of hydrogen-bond acceptors (Lipinski definition) is 4. The minimum Gasteiger partial charge on any atom is -0.494 e. The number of ketones is 1. The number of rotatable bonds is 10. The molecule has 0 N–H and O–H groups in total. The molecule has 0 aromatic heterocycles. The molecule has 0 spiro atoms. The number of benzene rings is 1. The lowest BCUT2D eigenvalue weighted by molar-refractivity contribution is -0.135. The van der Waals surface area contributed by atoms with Crippen LogP contribution in [-0.2, 0) is 9.53 Å². The highest BCUT2D eigenvalue weighted by Crippen LogP contribution is 2.14. The van der Waals surface area contributed by atoms with Crippen molar-refractivity contribution in [2.45, 2.75) is 45.4 Å². The van der Waals surface area contributed by atoms with Gasteiger partial charge in [0, 0.05) is 5.56 Å². The van der Waals surface area contributed by atoms with Crippen LogP contribution in [0, 0.1) is 0 Å². The van der Waals surface area contributed by atoms with E-state index < -0.39 is 11.8 Å². The van der Waals surface area contributed by atoms with E-state index in [2.05, 4.69) is 11.7 Å². The molecule has 0 heterocycles. The Labute approximate surface area is 126 Å². The summed E-state index contributed by atoms with van der Waals surface area (Å²) < 4.78 is 10.0. The molecule has 0 aliphatic rings. The van der Waals surface area contributed by atoms with E-state index >= 15 is 0 Å². The second kappa shape index (κ2) is 9.97. The molecule has 0 atom stereocenters. The lowest BCUT2D eigenvalue weighted by atomic mass is 10.1. The highest BCUT2D eigenvalue weighted by atomic mass is 16.5. The summed E-state index contributed by atoms with van der Waals surface area (Å²) in [6, 6.07) is 6.56. The van der Waals surface area contributed by atoms with E-state index in [-0.39, 0.29) is 0 Å². The van der Waals surface area contributed by atoms with Crippen molar-refractivity contribution in [1.82, 2.24) is 0 Å². The molecule has 0 amide bonds. The van der Waals surface area contributed by atoms with E-state index in [9.17, 15) is 9.59 Å². The van der Waals surface area contributed by atoms with Gasteiger partial charge in [-0.1, -0.05) is 39.0 Å². The van der Waals surface area contributed by atoms with Crippen molar-refractivity contribution in [3.05, 3.63) is 29.8 Å². The molecular weight excluding hydrogens is 268 g/mol. The highest BCUT2D eigenvalue weighted by molar-refractivity contribution is 6.40. The fraction of sp³-hybridized carbons (Fsp3) is 0.529. The first-order valence-electron chi connectivity index (χ1n) is 7.54. The Morgan fingerprint density at radius 2 is 1.57 bits per heavy atom. The molecule has 4 nitrogen and oxygen atoms in total. The maximum Gasteiger partial charge on any atom is 0.379 e. The third-order valence-electron chi connectivity index (χ3n) is 3.25.